The lowest BCUT2D eigenvalue weighted by atomic mass is 9.94. The van der Waals surface area contributed by atoms with Gasteiger partial charge in [0.05, 0.1) is 0 Å². The van der Waals surface area contributed by atoms with Crippen molar-refractivity contribution >= 4 is 11.9 Å². The van der Waals surface area contributed by atoms with E-state index in [2.05, 4.69) is 0 Å². The Hall–Kier alpha value is -1.06. The van der Waals surface area contributed by atoms with Gasteiger partial charge in [0.15, 0.2) is 0 Å². The maximum atomic E-state index is 12.8. The molecule has 3 rings (SSSR count). The lowest BCUT2D eigenvalue weighted by Crippen LogP contribution is -2.45. The highest BCUT2D eigenvalue weighted by Crippen LogP contribution is 2.33. The van der Waals surface area contributed by atoms with E-state index in [0.717, 1.165) is 38.5 Å². The van der Waals surface area contributed by atoms with Crippen molar-refractivity contribution in [3.05, 3.63) is 0 Å². The van der Waals surface area contributed by atoms with Gasteiger partial charge in [0, 0.05) is 12.1 Å². The Kier molecular flexibility index (Phi) is 3.99. The Morgan fingerprint density at radius 1 is 0.800 bits per heavy atom. The van der Waals surface area contributed by atoms with Gasteiger partial charge in [-0.05, 0) is 32.6 Å². The second kappa shape index (κ2) is 5.74. The first kappa shape index (κ1) is 13.9. The monoisotopic (exact) mass is 278 g/mol. The number of carbonyl (C=O) groups is 2. The summed E-state index contributed by atoms with van der Waals surface area (Å²) in [5, 5.41) is 0. The van der Waals surface area contributed by atoms with Crippen molar-refractivity contribution in [2.75, 3.05) is 0 Å². The van der Waals surface area contributed by atoms with E-state index >= 15 is 0 Å². The Balaban J connectivity index is 1.76. The van der Waals surface area contributed by atoms with Gasteiger partial charge in [-0.2, -0.15) is 0 Å². The molecular weight excluding hydrogens is 252 g/mol. The van der Waals surface area contributed by atoms with Gasteiger partial charge >= 0.3 is 6.03 Å². The van der Waals surface area contributed by atoms with E-state index in [-0.39, 0.29) is 24.0 Å². The number of carbonyl (C=O) groups excluding carboxylic acids is 2. The van der Waals surface area contributed by atoms with Crippen LogP contribution in [0.5, 0.6) is 0 Å². The zero-order valence-electron chi connectivity index (χ0n) is 12.5. The molecule has 1 saturated heterocycles. The van der Waals surface area contributed by atoms with Gasteiger partial charge in [-0.15, -0.1) is 0 Å². The summed E-state index contributed by atoms with van der Waals surface area (Å²) in [4.78, 5) is 28.8. The molecule has 0 aromatic rings. The minimum Gasteiger partial charge on any atom is -0.310 e. The summed E-state index contributed by atoms with van der Waals surface area (Å²) in [5.74, 6) is 0.0486. The van der Waals surface area contributed by atoms with Crippen molar-refractivity contribution in [3.63, 3.8) is 0 Å². The molecule has 1 atom stereocenters. The van der Waals surface area contributed by atoms with Crippen molar-refractivity contribution in [2.24, 2.45) is 0 Å². The second-order valence-electron chi connectivity index (χ2n) is 6.66. The van der Waals surface area contributed by atoms with Crippen LogP contribution in [0.25, 0.3) is 0 Å². The number of urea groups is 1. The fourth-order valence-corrected chi connectivity index (χ4v) is 4.21. The third-order valence-electron chi connectivity index (χ3n) is 5.35. The van der Waals surface area contributed by atoms with Crippen LogP contribution < -0.4 is 0 Å². The SMILES string of the molecule is CC1C(=O)N(C2CCCCC2)C(=O)N1C1CCCCC1. The fourth-order valence-electron chi connectivity index (χ4n) is 4.21. The molecule has 2 aliphatic carbocycles. The number of hydrogen-bond acceptors (Lipinski definition) is 2. The van der Waals surface area contributed by atoms with Crippen LogP contribution in [-0.2, 0) is 4.79 Å². The molecule has 3 amide bonds. The largest absolute Gasteiger partial charge is 0.327 e. The molecule has 0 N–H and O–H groups in total. The predicted molar refractivity (Wildman–Crippen MR) is 77.3 cm³/mol. The molecule has 1 unspecified atom stereocenters. The molecule has 0 aromatic carbocycles. The molecule has 3 fully saturated rings. The molecule has 4 nitrogen and oxygen atoms in total. The van der Waals surface area contributed by atoms with Crippen LogP contribution in [0.4, 0.5) is 4.79 Å². The van der Waals surface area contributed by atoms with Gasteiger partial charge in [0.1, 0.15) is 6.04 Å². The van der Waals surface area contributed by atoms with E-state index in [1.54, 1.807) is 4.90 Å². The van der Waals surface area contributed by atoms with Crippen molar-refractivity contribution < 1.29 is 9.59 Å². The van der Waals surface area contributed by atoms with Crippen LogP contribution in [0, 0.1) is 0 Å². The smallest absolute Gasteiger partial charge is 0.310 e. The summed E-state index contributed by atoms with van der Waals surface area (Å²) >= 11 is 0. The van der Waals surface area contributed by atoms with Gasteiger partial charge in [0.2, 0.25) is 0 Å². The molecule has 1 heterocycles. The molecule has 112 valence electrons. The average Bonchev–Trinajstić information content (AvgIpc) is 2.71. The predicted octanol–water partition coefficient (Wildman–Crippen LogP) is 3.30. The van der Waals surface area contributed by atoms with E-state index in [1.165, 1.54) is 25.7 Å². The number of imide groups is 1. The van der Waals surface area contributed by atoms with Gasteiger partial charge < -0.3 is 4.90 Å². The number of nitrogens with zero attached hydrogens (tertiary/aromatic N) is 2. The first-order valence-corrected chi connectivity index (χ1v) is 8.35. The highest BCUT2D eigenvalue weighted by Gasteiger charge is 2.48. The third-order valence-corrected chi connectivity index (χ3v) is 5.35. The average molecular weight is 278 g/mol. The standard InChI is InChI=1S/C16H26N2O2/c1-12-15(19)18(14-10-6-3-7-11-14)16(20)17(12)13-8-4-2-5-9-13/h12-14H,2-11H2,1H3. The van der Waals surface area contributed by atoms with Gasteiger partial charge in [-0.3, -0.25) is 9.69 Å². The van der Waals surface area contributed by atoms with Gasteiger partial charge in [-0.25, -0.2) is 4.79 Å². The summed E-state index contributed by atoms with van der Waals surface area (Å²) < 4.78 is 0. The Labute approximate surface area is 121 Å². The van der Waals surface area contributed by atoms with Crippen molar-refractivity contribution in [1.29, 1.82) is 0 Å². The van der Waals surface area contributed by atoms with Crippen molar-refractivity contribution in [1.82, 2.24) is 9.80 Å². The summed E-state index contributed by atoms with van der Waals surface area (Å²) in [5.41, 5.74) is 0. The molecule has 3 aliphatic rings. The van der Waals surface area contributed by atoms with Crippen molar-refractivity contribution in [2.45, 2.75) is 89.3 Å². The Morgan fingerprint density at radius 2 is 1.30 bits per heavy atom. The minimum absolute atomic E-state index is 0.00120. The van der Waals surface area contributed by atoms with Gasteiger partial charge in [0.25, 0.3) is 5.91 Å². The van der Waals surface area contributed by atoms with Crippen LogP contribution in [0.15, 0.2) is 0 Å². The highest BCUT2D eigenvalue weighted by atomic mass is 16.2. The molecular formula is C16H26N2O2. The topological polar surface area (TPSA) is 40.6 Å². The summed E-state index contributed by atoms with van der Waals surface area (Å²) in [7, 11) is 0. The molecule has 0 aromatic heterocycles. The summed E-state index contributed by atoms with van der Waals surface area (Å²) in [6, 6.07) is 0.220. The molecule has 0 bridgehead atoms. The first-order chi connectivity index (χ1) is 9.70. The Bertz CT molecular complexity index is 384. The molecule has 0 radical (unpaired) electrons. The molecule has 0 spiro atoms. The van der Waals surface area contributed by atoms with E-state index in [9.17, 15) is 9.59 Å². The minimum atomic E-state index is -0.243. The summed E-state index contributed by atoms with van der Waals surface area (Å²) in [6.07, 6.45) is 11.4. The van der Waals surface area contributed by atoms with E-state index in [4.69, 9.17) is 0 Å². The first-order valence-electron chi connectivity index (χ1n) is 8.35. The number of hydrogen-bond donors (Lipinski definition) is 0. The second-order valence-corrected chi connectivity index (χ2v) is 6.66. The van der Waals surface area contributed by atoms with Crippen LogP contribution in [0.1, 0.15) is 71.1 Å². The third kappa shape index (κ3) is 2.33. The van der Waals surface area contributed by atoms with Gasteiger partial charge in [-0.1, -0.05) is 38.5 Å². The quantitative estimate of drug-likeness (QED) is 0.727. The zero-order chi connectivity index (χ0) is 14.1. The van der Waals surface area contributed by atoms with Crippen LogP contribution in [-0.4, -0.2) is 39.9 Å². The molecule has 2 saturated carbocycles. The Morgan fingerprint density at radius 3 is 1.85 bits per heavy atom. The van der Waals surface area contributed by atoms with Crippen LogP contribution >= 0.6 is 0 Å². The fraction of sp³-hybridized carbons (Fsp3) is 0.875. The summed E-state index contributed by atoms with van der Waals surface area (Å²) in [6.45, 7) is 1.91. The van der Waals surface area contributed by atoms with E-state index < -0.39 is 0 Å². The normalized spacial score (nSPS) is 30.4. The highest BCUT2D eigenvalue weighted by molar-refractivity contribution is 6.04. The van der Waals surface area contributed by atoms with E-state index in [1.807, 2.05) is 11.8 Å². The molecule has 4 heteroatoms. The number of amides is 3. The lowest BCUT2D eigenvalue weighted by Gasteiger charge is -2.34. The van der Waals surface area contributed by atoms with Crippen molar-refractivity contribution in [3.8, 4) is 0 Å². The van der Waals surface area contributed by atoms with E-state index in [0.29, 0.717) is 6.04 Å². The molecule has 20 heavy (non-hydrogen) atoms. The maximum absolute atomic E-state index is 12.8. The molecule has 1 aliphatic heterocycles. The van der Waals surface area contributed by atoms with Crippen LogP contribution in [0.3, 0.4) is 0 Å². The number of rotatable bonds is 2. The zero-order valence-corrected chi connectivity index (χ0v) is 12.5. The maximum Gasteiger partial charge on any atom is 0.327 e. The van der Waals surface area contributed by atoms with Crippen LogP contribution in [0.2, 0.25) is 0 Å². The lowest BCUT2D eigenvalue weighted by molar-refractivity contribution is -0.130.